The summed E-state index contributed by atoms with van der Waals surface area (Å²) in [6.45, 7) is 6.27. The molecule has 0 atom stereocenters. The molecule has 0 N–H and O–H groups in total. The maximum Gasteiger partial charge on any atom is 0.182 e. The molecule has 1 aromatic heterocycles. The lowest BCUT2D eigenvalue weighted by Gasteiger charge is -2.33. The second kappa shape index (κ2) is 6.50. The topological polar surface area (TPSA) is 55.5 Å². The fraction of sp³-hybridized carbons (Fsp3) is 0.526. The van der Waals surface area contributed by atoms with Crippen LogP contribution < -0.4 is 4.74 Å². The minimum Gasteiger partial charge on any atom is -0.488 e. The van der Waals surface area contributed by atoms with E-state index in [1.54, 1.807) is 17.3 Å². The number of aryl methyl sites for hydroxylation is 1. The van der Waals surface area contributed by atoms with Crippen LogP contribution in [-0.2, 0) is 6.42 Å². The molecule has 2 aliphatic rings. The van der Waals surface area contributed by atoms with Crippen molar-refractivity contribution in [2.45, 2.75) is 51.6 Å². The van der Waals surface area contributed by atoms with E-state index < -0.39 is 0 Å². The first kappa shape index (κ1) is 16.1. The molecular weight excluding hydrogens is 314 g/mol. The highest BCUT2D eigenvalue weighted by molar-refractivity contribution is 6.00. The van der Waals surface area contributed by atoms with E-state index in [0.717, 1.165) is 43.1 Å². The van der Waals surface area contributed by atoms with E-state index in [4.69, 9.17) is 9.84 Å². The lowest BCUT2D eigenvalue weighted by molar-refractivity contribution is 0.0847. The van der Waals surface area contributed by atoms with Crippen LogP contribution >= 0.6 is 0 Å². The molecule has 6 nitrogen and oxygen atoms in total. The molecule has 3 heterocycles. The van der Waals surface area contributed by atoms with Crippen molar-refractivity contribution in [3.63, 3.8) is 0 Å². The van der Waals surface area contributed by atoms with Gasteiger partial charge in [0, 0.05) is 18.7 Å². The SMILES string of the molecule is CC1(C)CCc2ccc(C(=NN3CCCCC3)n3cncn3)cc2O1. The van der Waals surface area contributed by atoms with Crippen LogP contribution in [0.25, 0.3) is 0 Å². The smallest absolute Gasteiger partial charge is 0.182 e. The predicted molar refractivity (Wildman–Crippen MR) is 96.9 cm³/mol. The summed E-state index contributed by atoms with van der Waals surface area (Å²) in [6, 6.07) is 6.37. The van der Waals surface area contributed by atoms with Crippen molar-refractivity contribution < 1.29 is 4.74 Å². The second-order valence-electron chi connectivity index (χ2n) is 7.46. The Morgan fingerprint density at radius 1 is 1.20 bits per heavy atom. The fourth-order valence-corrected chi connectivity index (χ4v) is 3.44. The van der Waals surface area contributed by atoms with E-state index in [-0.39, 0.29) is 5.60 Å². The van der Waals surface area contributed by atoms with E-state index in [9.17, 15) is 0 Å². The highest BCUT2D eigenvalue weighted by Gasteiger charge is 2.27. The molecule has 0 radical (unpaired) electrons. The third-order valence-electron chi connectivity index (χ3n) is 4.91. The highest BCUT2D eigenvalue weighted by atomic mass is 16.5. The quantitative estimate of drug-likeness (QED) is 0.623. The molecule has 2 aliphatic heterocycles. The highest BCUT2D eigenvalue weighted by Crippen LogP contribution is 2.33. The van der Waals surface area contributed by atoms with Crippen LogP contribution in [0.2, 0.25) is 0 Å². The third kappa shape index (κ3) is 3.52. The molecule has 25 heavy (non-hydrogen) atoms. The van der Waals surface area contributed by atoms with Gasteiger partial charge in [-0.3, -0.25) is 5.01 Å². The maximum atomic E-state index is 6.20. The molecule has 1 aromatic carbocycles. The number of aromatic nitrogens is 3. The van der Waals surface area contributed by atoms with Crippen molar-refractivity contribution in [2.75, 3.05) is 13.1 Å². The summed E-state index contributed by atoms with van der Waals surface area (Å²) in [4.78, 5) is 4.09. The number of ether oxygens (including phenoxy) is 1. The summed E-state index contributed by atoms with van der Waals surface area (Å²) < 4.78 is 7.94. The molecule has 0 unspecified atom stereocenters. The third-order valence-corrected chi connectivity index (χ3v) is 4.91. The van der Waals surface area contributed by atoms with Gasteiger partial charge in [0.15, 0.2) is 5.84 Å². The molecule has 0 saturated carbocycles. The van der Waals surface area contributed by atoms with Crippen LogP contribution in [-0.4, -0.2) is 44.3 Å². The summed E-state index contributed by atoms with van der Waals surface area (Å²) in [5.74, 6) is 1.76. The van der Waals surface area contributed by atoms with E-state index in [1.807, 2.05) is 0 Å². The Kier molecular flexibility index (Phi) is 4.19. The van der Waals surface area contributed by atoms with Crippen molar-refractivity contribution in [2.24, 2.45) is 5.10 Å². The zero-order valence-corrected chi connectivity index (χ0v) is 15.0. The van der Waals surface area contributed by atoms with Crippen molar-refractivity contribution >= 4 is 5.84 Å². The molecule has 2 aromatic rings. The standard InChI is InChI=1S/C19H25N5O/c1-19(2)9-8-15-6-7-16(12-17(15)25-19)18(24-14-20-13-21-24)22-23-10-4-3-5-11-23/h6-7,12-14H,3-5,8-11H2,1-2H3. The molecule has 6 heteroatoms. The molecule has 0 bridgehead atoms. The number of fused-ring (bicyclic) bond motifs is 1. The molecule has 4 rings (SSSR count). The van der Waals surface area contributed by atoms with Crippen LogP contribution in [0, 0.1) is 0 Å². The van der Waals surface area contributed by atoms with Gasteiger partial charge in [0.05, 0.1) is 0 Å². The maximum absolute atomic E-state index is 6.20. The summed E-state index contributed by atoms with van der Waals surface area (Å²) in [6.07, 6.45) is 9.00. The Balaban J connectivity index is 1.71. The summed E-state index contributed by atoms with van der Waals surface area (Å²) >= 11 is 0. The number of hydrazone groups is 1. The van der Waals surface area contributed by atoms with Gasteiger partial charge in [0.1, 0.15) is 24.0 Å². The van der Waals surface area contributed by atoms with Crippen molar-refractivity contribution in [3.8, 4) is 5.75 Å². The lowest BCUT2D eigenvalue weighted by Crippen LogP contribution is -2.33. The van der Waals surface area contributed by atoms with E-state index in [0.29, 0.717) is 0 Å². The monoisotopic (exact) mass is 339 g/mol. The first-order valence-electron chi connectivity index (χ1n) is 9.12. The summed E-state index contributed by atoms with van der Waals surface area (Å²) in [7, 11) is 0. The lowest BCUT2D eigenvalue weighted by atomic mass is 9.93. The Morgan fingerprint density at radius 2 is 2.04 bits per heavy atom. The van der Waals surface area contributed by atoms with Crippen molar-refractivity contribution in [1.82, 2.24) is 19.8 Å². The van der Waals surface area contributed by atoms with Gasteiger partial charge in [-0.05, 0) is 57.6 Å². The number of piperidine rings is 1. The minimum absolute atomic E-state index is 0.122. The Morgan fingerprint density at radius 3 is 2.80 bits per heavy atom. The van der Waals surface area contributed by atoms with Crippen LogP contribution in [0.4, 0.5) is 0 Å². The number of nitrogens with zero attached hydrogens (tertiary/aromatic N) is 5. The van der Waals surface area contributed by atoms with Crippen molar-refractivity contribution in [3.05, 3.63) is 42.0 Å². The minimum atomic E-state index is -0.122. The van der Waals surface area contributed by atoms with Crippen LogP contribution in [0.3, 0.4) is 0 Å². The summed E-state index contributed by atoms with van der Waals surface area (Å²) in [5.41, 5.74) is 2.15. The van der Waals surface area contributed by atoms with Gasteiger partial charge in [-0.1, -0.05) is 12.1 Å². The zero-order chi connectivity index (χ0) is 17.3. The van der Waals surface area contributed by atoms with E-state index in [1.165, 1.54) is 24.8 Å². The number of rotatable bonds is 2. The average molecular weight is 339 g/mol. The Labute approximate surface area is 148 Å². The first-order chi connectivity index (χ1) is 12.1. The molecular formula is C19H25N5O. The predicted octanol–water partition coefficient (Wildman–Crippen LogP) is 3.08. The van der Waals surface area contributed by atoms with E-state index in [2.05, 4.69) is 47.1 Å². The van der Waals surface area contributed by atoms with Crippen LogP contribution in [0.15, 0.2) is 36.0 Å². The van der Waals surface area contributed by atoms with Crippen molar-refractivity contribution in [1.29, 1.82) is 0 Å². The molecule has 0 spiro atoms. The van der Waals surface area contributed by atoms with E-state index >= 15 is 0 Å². The number of hydrogen-bond donors (Lipinski definition) is 0. The normalized spacial score (nSPS) is 20.1. The van der Waals surface area contributed by atoms with Gasteiger partial charge in [-0.15, -0.1) is 0 Å². The fourth-order valence-electron chi connectivity index (χ4n) is 3.44. The molecule has 1 fully saturated rings. The summed E-state index contributed by atoms with van der Waals surface area (Å²) in [5, 5.41) is 11.3. The van der Waals surface area contributed by atoms with Gasteiger partial charge >= 0.3 is 0 Å². The zero-order valence-electron chi connectivity index (χ0n) is 15.0. The second-order valence-corrected chi connectivity index (χ2v) is 7.46. The molecule has 0 amide bonds. The Hall–Kier alpha value is -2.37. The van der Waals surface area contributed by atoms with Gasteiger partial charge in [-0.25, -0.2) is 9.67 Å². The van der Waals surface area contributed by atoms with Gasteiger partial charge in [0.2, 0.25) is 0 Å². The first-order valence-corrected chi connectivity index (χ1v) is 9.12. The molecule has 1 saturated heterocycles. The molecule has 132 valence electrons. The largest absolute Gasteiger partial charge is 0.488 e. The Bertz CT molecular complexity index is 760. The number of benzene rings is 1. The van der Waals surface area contributed by atoms with Gasteiger partial charge < -0.3 is 4.74 Å². The van der Waals surface area contributed by atoms with Crippen LogP contribution in [0.5, 0.6) is 5.75 Å². The van der Waals surface area contributed by atoms with Gasteiger partial charge in [-0.2, -0.15) is 10.2 Å². The van der Waals surface area contributed by atoms with Crippen LogP contribution in [0.1, 0.15) is 50.7 Å². The number of hydrogen-bond acceptors (Lipinski definition) is 5. The average Bonchev–Trinajstić information content (AvgIpc) is 3.13. The molecule has 0 aliphatic carbocycles. The van der Waals surface area contributed by atoms with Gasteiger partial charge in [0.25, 0.3) is 0 Å².